The smallest absolute Gasteiger partial charge is 0.227 e. The summed E-state index contributed by atoms with van der Waals surface area (Å²) in [5, 5.41) is 15.4. The van der Waals surface area contributed by atoms with Crippen molar-refractivity contribution < 1.29 is 9.63 Å². The lowest BCUT2D eigenvalue weighted by Gasteiger charge is -2.03. The number of hydrogen-bond donors (Lipinski definition) is 2. The third-order valence-electron chi connectivity index (χ3n) is 1.36. The second-order valence-corrected chi connectivity index (χ2v) is 2.64. The Morgan fingerprint density at radius 2 is 2.58 bits per heavy atom. The van der Waals surface area contributed by atoms with E-state index in [-0.39, 0.29) is 6.10 Å². The highest BCUT2D eigenvalue weighted by Crippen LogP contribution is 1.90. The maximum atomic E-state index is 8.90. The van der Waals surface area contributed by atoms with Crippen molar-refractivity contribution in [2.45, 2.75) is 19.4 Å². The molecule has 0 aliphatic rings. The van der Waals surface area contributed by atoms with Gasteiger partial charge in [-0.3, -0.25) is 0 Å². The van der Waals surface area contributed by atoms with Crippen LogP contribution in [0.5, 0.6) is 0 Å². The van der Waals surface area contributed by atoms with Crippen LogP contribution in [0.2, 0.25) is 0 Å². The van der Waals surface area contributed by atoms with Crippen LogP contribution >= 0.6 is 0 Å². The predicted octanol–water partition coefficient (Wildman–Crippen LogP) is -0.418. The molecule has 0 radical (unpaired) electrons. The molecule has 68 valence electrons. The van der Waals surface area contributed by atoms with Crippen molar-refractivity contribution in [2.24, 2.45) is 0 Å². The number of hydrogen-bond acceptors (Lipinski definition) is 5. The molecule has 0 bridgehead atoms. The number of aromatic nitrogens is 2. The molecular weight excluding hydrogens is 158 g/mol. The van der Waals surface area contributed by atoms with Gasteiger partial charge in [-0.25, -0.2) is 0 Å². The zero-order valence-electron chi connectivity index (χ0n) is 7.03. The third kappa shape index (κ3) is 3.45. The molecule has 1 aromatic rings. The SMILES string of the molecule is CC(O)CNCCc1ncno1. The van der Waals surface area contributed by atoms with Gasteiger partial charge in [0.1, 0.15) is 0 Å². The fourth-order valence-corrected chi connectivity index (χ4v) is 0.812. The zero-order chi connectivity index (χ0) is 8.81. The van der Waals surface area contributed by atoms with Gasteiger partial charge in [0.2, 0.25) is 5.89 Å². The summed E-state index contributed by atoms with van der Waals surface area (Å²) in [6.07, 6.45) is 1.77. The summed E-state index contributed by atoms with van der Waals surface area (Å²) in [6.45, 7) is 3.07. The molecule has 1 unspecified atom stereocenters. The Hall–Kier alpha value is -0.940. The Labute approximate surface area is 70.8 Å². The first kappa shape index (κ1) is 9.15. The predicted molar refractivity (Wildman–Crippen MR) is 42.6 cm³/mol. The number of aliphatic hydroxyl groups is 1. The molecular formula is C7H13N3O2. The fraction of sp³-hybridized carbons (Fsp3) is 0.714. The molecule has 1 atom stereocenters. The van der Waals surface area contributed by atoms with Crippen molar-refractivity contribution in [1.82, 2.24) is 15.5 Å². The topological polar surface area (TPSA) is 71.2 Å². The van der Waals surface area contributed by atoms with E-state index in [1.807, 2.05) is 0 Å². The quantitative estimate of drug-likeness (QED) is 0.589. The van der Waals surface area contributed by atoms with Gasteiger partial charge >= 0.3 is 0 Å². The van der Waals surface area contributed by atoms with Crippen LogP contribution in [0, 0.1) is 0 Å². The maximum absolute atomic E-state index is 8.90. The highest BCUT2D eigenvalue weighted by atomic mass is 16.5. The van der Waals surface area contributed by atoms with Gasteiger partial charge in [0.25, 0.3) is 0 Å². The van der Waals surface area contributed by atoms with E-state index in [0.717, 1.165) is 6.54 Å². The number of nitrogens with zero attached hydrogens (tertiary/aromatic N) is 2. The summed E-state index contributed by atoms with van der Waals surface area (Å²) < 4.78 is 4.78. The van der Waals surface area contributed by atoms with Crippen molar-refractivity contribution in [1.29, 1.82) is 0 Å². The van der Waals surface area contributed by atoms with Crippen molar-refractivity contribution in [3.63, 3.8) is 0 Å². The highest BCUT2D eigenvalue weighted by Gasteiger charge is 1.98. The first-order valence-electron chi connectivity index (χ1n) is 3.93. The van der Waals surface area contributed by atoms with Crippen LogP contribution < -0.4 is 5.32 Å². The fourth-order valence-electron chi connectivity index (χ4n) is 0.812. The Morgan fingerprint density at radius 1 is 1.75 bits per heavy atom. The average molecular weight is 171 g/mol. The minimum atomic E-state index is -0.312. The van der Waals surface area contributed by atoms with E-state index in [2.05, 4.69) is 15.5 Å². The molecule has 0 aliphatic carbocycles. The van der Waals surface area contributed by atoms with E-state index in [9.17, 15) is 0 Å². The molecule has 0 fully saturated rings. The Balaban J connectivity index is 2.04. The van der Waals surface area contributed by atoms with Crippen LogP contribution in [0.15, 0.2) is 10.9 Å². The summed E-state index contributed by atoms with van der Waals surface area (Å²) in [4.78, 5) is 3.85. The molecule has 1 aromatic heterocycles. The van der Waals surface area contributed by atoms with Crippen LogP contribution in [-0.4, -0.2) is 34.4 Å². The second-order valence-electron chi connectivity index (χ2n) is 2.64. The monoisotopic (exact) mass is 171 g/mol. The van der Waals surface area contributed by atoms with Crippen LogP contribution in [-0.2, 0) is 6.42 Å². The summed E-state index contributed by atoms with van der Waals surface area (Å²) in [6, 6.07) is 0. The molecule has 0 amide bonds. The van der Waals surface area contributed by atoms with E-state index in [4.69, 9.17) is 9.63 Å². The van der Waals surface area contributed by atoms with Crippen molar-refractivity contribution in [3.8, 4) is 0 Å². The van der Waals surface area contributed by atoms with E-state index in [1.54, 1.807) is 6.92 Å². The summed E-state index contributed by atoms with van der Waals surface area (Å²) in [7, 11) is 0. The van der Waals surface area contributed by atoms with Crippen LogP contribution in [0.3, 0.4) is 0 Å². The molecule has 0 saturated carbocycles. The third-order valence-corrected chi connectivity index (χ3v) is 1.36. The lowest BCUT2D eigenvalue weighted by molar-refractivity contribution is 0.191. The van der Waals surface area contributed by atoms with Crippen molar-refractivity contribution in [2.75, 3.05) is 13.1 Å². The lowest BCUT2D eigenvalue weighted by atomic mass is 10.4. The summed E-state index contributed by atoms with van der Waals surface area (Å²) in [5.74, 6) is 0.619. The summed E-state index contributed by atoms with van der Waals surface area (Å²) in [5.41, 5.74) is 0. The number of rotatable bonds is 5. The minimum absolute atomic E-state index is 0.312. The molecule has 12 heavy (non-hydrogen) atoms. The summed E-state index contributed by atoms with van der Waals surface area (Å²) >= 11 is 0. The van der Waals surface area contributed by atoms with Gasteiger partial charge in [0, 0.05) is 19.5 Å². The van der Waals surface area contributed by atoms with Gasteiger partial charge < -0.3 is 14.9 Å². The van der Waals surface area contributed by atoms with E-state index in [0.29, 0.717) is 18.9 Å². The highest BCUT2D eigenvalue weighted by molar-refractivity contribution is 4.75. The van der Waals surface area contributed by atoms with Gasteiger partial charge in [0.05, 0.1) is 6.10 Å². The van der Waals surface area contributed by atoms with Gasteiger partial charge in [-0.05, 0) is 6.92 Å². The number of nitrogens with one attached hydrogen (secondary N) is 1. The van der Waals surface area contributed by atoms with Gasteiger partial charge in [-0.2, -0.15) is 4.98 Å². The Kier molecular flexibility index (Phi) is 3.69. The average Bonchev–Trinajstić information content (AvgIpc) is 2.49. The first-order valence-corrected chi connectivity index (χ1v) is 3.93. The van der Waals surface area contributed by atoms with Crippen LogP contribution in [0.25, 0.3) is 0 Å². The van der Waals surface area contributed by atoms with Gasteiger partial charge in [-0.15, -0.1) is 0 Å². The van der Waals surface area contributed by atoms with Crippen LogP contribution in [0.1, 0.15) is 12.8 Å². The van der Waals surface area contributed by atoms with Crippen molar-refractivity contribution >= 4 is 0 Å². The van der Waals surface area contributed by atoms with E-state index >= 15 is 0 Å². The van der Waals surface area contributed by atoms with E-state index < -0.39 is 0 Å². The molecule has 1 heterocycles. The zero-order valence-corrected chi connectivity index (χ0v) is 7.03. The van der Waals surface area contributed by atoms with Gasteiger partial charge in [0.15, 0.2) is 6.33 Å². The molecule has 0 saturated heterocycles. The standard InChI is InChI=1S/C7H13N3O2/c1-6(11)4-8-3-2-7-9-5-10-12-7/h5-6,8,11H,2-4H2,1H3. The normalized spacial score (nSPS) is 13.2. The molecule has 0 spiro atoms. The molecule has 1 rings (SSSR count). The Morgan fingerprint density at radius 3 is 3.17 bits per heavy atom. The molecule has 0 aliphatic heterocycles. The molecule has 5 heteroatoms. The second kappa shape index (κ2) is 4.84. The maximum Gasteiger partial charge on any atom is 0.227 e. The Bertz CT molecular complexity index is 198. The van der Waals surface area contributed by atoms with Crippen molar-refractivity contribution in [3.05, 3.63) is 12.2 Å². The first-order chi connectivity index (χ1) is 5.79. The van der Waals surface area contributed by atoms with E-state index in [1.165, 1.54) is 6.33 Å². The number of aliphatic hydroxyl groups excluding tert-OH is 1. The molecule has 2 N–H and O–H groups in total. The van der Waals surface area contributed by atoms with Gasteiger partial charge in [-0.1, -0.05) is 5.16 Å². The largest absolute Gasteiger partial charge is 0.392 e. The molecule has 0 aromatic carbocycles. The van der Waals surface area contributed by atoms with Crippen LogP contribution in [0.4, 0.5) is 0 Å². The lowest BCUT2D eigenvalue weighted by Crippen LogP contribution is -2.26. The minimum Gasteiger partial charge on any atom is -0.392 e. The molecule has 5 nitrogen and oxygen atoms in total.